The molecular formula is C14H21N3O3S. The van der Waals surface area contributed by atoms with E-state index < -0.39 is 5.91 Å². The van der Waals surface area contributed by atoms with Crippen LogP contribution in [0.4, 0.5) is 10.7 Å². The quantitative estimate of drug-likeness (QED) is 0.709. The standard InChI is InChI=1S/C14H21N3O3S/c1-2-9(19)12-11(15)10(13(16)20)14(21-12)17-5-3-4-8(6-17)7-18/h8,18H,2-7,15H2,1H3,(H2,16,20). The summed E-state index contributed by atoms with van der Waals surface area (Å²) in [6.07, 6.45) is 2.22. The lowest BCUT2D eigenvalue weighted by molar-refractivity contribution is 0.0991. The molecular weight excluding hydrogens is 290 g/mol. The minimum absolute atomic E-state index is 0.0815. The van der Waals surface area contributed by atoms with Crippen LogP contribution in [0.3, 0.4) is 0 Å². The second-order valence-electron chi connectivity index (χ2n) is 5.30. The number of thiophene rings is 1. The number of hydrogen-bond donors (Lipinski definition) is 3. The Balaban J connectivity index is 2.42. The average molecular weight is 311 g/mol. The number of carbonyl (C=O) groups is 2. The molecule has 1 aromatic rings. The Labute approximate surface area is 127 Å². The van der Waals surface area contributed by atoms with Crippen molar-refractivity contribution in [3.8, 4) is 0 Å². The molecule has 1 saturated heterocycles. The van der Waals surface area contributed by atoms with E-state index in [1.54, 1.807) is 6.92 Å². The SMILES string of the molecule is CCC(=O)c1sc(N2CCCC(CO)C2)c(C(N)=O)c1N. The van der Waals surface area contributed by atoms with E-state index >= 15 is 0 Å². The van der Waals surface area contributed by atoms with Gasteiger partial charge in [0.15, 0.2) is 5.78 Å². The van der Waals surface area contributed by atoms with E-state index in [0.717, 1.165) is 19.4 Å². The van der Waals surface area contributed by atoms with Crippen LogP contribution in [0.1, 0.15) is 46.2 Å². The predicted octanol–water partition coefficient (Wildman–Crippen LogP) is 1.23. The maximum atomic E-state index is 11.9. The molecule has 1 aliphatic rings. The van der Waals surface area contributed by atoms with Crippen LogP contribution in [-0.4, -0.2) is 36.5 Å². The molecule has 6 nitrogen and oxygen atoms in total. The van der Waals surface area contributed by atoms with E-state index in [0.29, 0.717) is 22.8 Å². The number of rotatable bonds is 5. The molecule has 2 rings (SSSR count). The third kappa shape index (κ3) is 3.03. The number of anilines is 2. The zero-order valence-corrected chi connectivity index (χ0v) is 12.9. The number of aliphatic hydroxyl groups excluding tert-OH is 1. The number of nitrogens with two attached hydrogens (primary N) is 2. The first-order valence-corrected chi connectivity index (χ1v) is 7.92. The first kappa shape index (κ1) is 15.8. The topological polar surface area (TPSA) is 110 Å². The van der Waals surface area contributed by atoms with Crippen molar-refractivity contribution >= 4 is 33.7 Å². The molecule has 1 atom stereocenters. The number of Topliss-reactive ketones (excluding diaryl/α,β-unsaturated/α-hetero) is 1. The maximum absolute atomic E-state index is 11.9. The van der Waals surface area contributed by atoms with E-state index in [1.165, 1.54) is 11.3 Å². The summed E-state index contributed by atoms with van der Waals surface area (Å²) < 4.78 is 0. The fraction of sp³-hybridized carbons (Fsp3) is 0.571. The van der Waals surface area contributed by atoms with Gasteiger partial charge in [-0.2, -0.15) is 0 Å². The van der Waals surface area contributed by atoms with Gasteiger partial charge in [-0.15, -0.1) is 11.3 Å². The summed E-state index contributed by atoms with van der Waals surface area (Å²) >= 11 is 1.24. The highest BCUT2D eigenvalue weighted by molar-refractivity contribution is 7.19. The highest BCUT2D eigenvalue weighted by atomic mass is 32.1. The van der Waals surface area contributed by atoms with Crippen LogP contribution in [0.5, 0.6) is 0 Å². The van der Waals surface area contributed by atoms with Crippen LogP contribution in [0.15, 0.2) is 0 Å². The lowest BCUT2D eigenvalue weighted by Gasteiger charge is -2.33. The molecule has 1 aliphatic heterocycles. The molecule has 1 amide bonds. The first-order valence-electron chi connectivity index (χ1n) is 7.10. The molecule has 1 unspecified atom stereocenters. The van der Waals surface area contributed by atoms with Crippen LogP contribution in [-0.2, 0) is 0 Å². The van der Waals surface area contributed by atoms with Gasteiger partial charge in [0.05, 0.1) is 16.1 Å². The van der Waals surface area contributed by atoms with Gasteiger partial charge < -0.3 is 21.5 Å². The van der Waals surface area contributed by atoms with E-state index in [-0.39, 0.29) is 29.6 Å². The number of primary amides is 1. The van der Waals surface area contributed by atoms with Crippen LogP contribution in [0.25, 0.3) is 0 Å². The van der Waals surface area contributed by atoms with Crippen LogP contribution in [0, 0.1) is 5.92 Å². The van der Waals surface area contributed by atoms with Gasteiger partial charge in [0, 0.05) is 26.1 Å². The number of hydrogen-bond acceptors (Lipinski definition) is 6. The third-order valence-electron chi connectivity index (χ3n) is 3.81. The van der Waals surface area contributed by atoms with Crippen molar-refractivity contribution in [2.75, 3.05) is 30.3 Å². The van der Waals surface area contributed by atoms with Gasteiger partial charge in [0.1, 0.15) is 5.00 Å². The Kier molecular flexibility index (Phi) is 4.84. The van der Waals surface area contributed by atoms with Gasteiger partial charge in [0.2, 0.25) is 0 Å². The summed E-state index contributed by atoms with van der Waals surface area (Å²) in [5.41, 5.74) is 11.9. The smallest absolute Gasteiger partial charge is 0.253 e. The summed E-state index contributed by atoms with van der Waals surface area (Å²) in [4.78, 5) is 26.1. The molecule has 0 bridgehead atoms. The molecule has 0 radical (unpaired) electrons. The summed E-state index contributed by atoms with van der Waals surface area (Å²) in [6, 6.07) is 0. The van der Waals surface area contributed by atoms with Crippen molar-refractivity contribution in [3.63, 3.8) is 0 Å². The molecule has 0 aliphatic carbocycles. The Morgan fingerprint density at radius 3 is 2.76 bits per heavy atom. The molecule has 2 heterocycles. The highest BCUT2D eigenvalue weighted by Crippen LogP contribution is 2.40. The van der Waals surface area contributed by atoms with Gasteiger partial charge in [-0.3, -0.25) is 9.59 Å². The predicted molar refractivity (Wildman–Crippen MR) is 83.9 cm³/mol. The molecule has 21 heavy (non-hydrogen) atoms. The fourth-order valence-corrected chi connectivity index (χ4v) is 3.93. The molecule has 1 fully saturated rings. The monoisotopic (exact) mass is 311 g/mol. The number of amides is 1. The van der Waals surface area contributed by atoms with Crippen LogP contribution >= 0.6 is 11.3 Å². The van der Waals surface area contributed by atoms with Crippen molar-refractivity contribution in [2.24, 2.45) is 11.7 Å². The summed E-state index contributed by atoms with van der Waals surface area (Å²) in [5.74, 6) is -0.518. The number of aliphatic hydroxyl groups is 1. The largest absolute Gasteiger partial charge is 0.397 e. The van der Waals surface area contributed by atoms with Crippen LogP contribution < -0.4 is 16.4 Å². The van der Waals surface area contributed by atoms with Gasteiger partial charge in [-0.25, -0.2) is 0 Å². The second kappa shape index (κ2) is 6.44. The van der Waals surface area contributed by atoms with E-state index in [2.05, 4.69) is 0 Å². The van der Waals surface area contributed by atoms with Gasteiger partial charge in [-0.1, -0.05) is 6.92 Å². The molecule has 5 N–H and O–H groups in total. The van der Waals surface area contributed by atoms with E-state index in [1.807, 2.05) is 4.90 Å². The zero-order chi connectivity index (χ0) is 15.6. The number of piperidine rings is 1. The third-order valence-corrected chi connectivity index (χ3v) is 5.12. The summed E-state index contributed by atoms with van der Waals surface area (Å²) in [5, 5.41) is 9.99. The Hall–Kier alpha value is -1.60. The van der Waals surface area contributed by atoms with Gasteiger partial charge >= 0.3 is 0 Å². The molecule has 7 heteroatoms. The number of ketones is 1. The Bertz CT molecular complexity index is 556. The summed E-state index contributed by atoms with van der Waals surface area (Å²) in [6.45, 7) is 3.30. The van der Waals surface area contributed by atoms with Crippen molar-refractivity contribution in [1.82, 2.24) is 0 Å². The normalized spacial score (nSPS) is 18.8. The molecule has 0 aromatic carbocycles. The van der Waals surface area contributed by atoms with Crippen molar-refractivity contribution in [3.05, 3.63) is 10.4 Å². The number of nitrogen functional groups attached to an aromatic ring is 1. The van der Waals surface area contributed by atoms with E-state index in [9.17, 15) is 14.7 Å². The molecule has 116 valence electrons. The lowest BCUT2D eigenvalue weighted by Crippen LogP contribution is -2.37. The van der Waals surface area contributed by atoms with Gasteiger partial charge in [-0.05, 0) is 18.8 Å². The maximum Gasteiger partial charge on any atom is 0.253 e. The van der Waals surface area contributed by atoms with Crippen molar-refractivity contribution in [2.45, 2.75) is 26.2 Å². The summed E-state index contributed by atoms with van der Waals surface area (Å²) in [7, 11) is 0. The van der Waals surface area contributed by atoms with E-state index in [4.69, 9.17) is 11.5 Å². The average Bonchev–Trinajstić information content (AvgIpc) is 2.84. The Morgan fingerprint density at radius 1 is 1.48 bits per heavy atom. The van der Waals surface area contributed by atoms with Crippen molar-refractivity contribution in [1.29, 1.82) is 0 Å². The number of nitrogens with zero attached hydrogens (tertiary/aromatic N) is 1. The van der Waals surface area contributed by atoms with Gasteiger partial charge in [0.25, 0.3) is 5.91 Å². The molecule has 1 aromatic heterocycles. The van der Waals surface area contributed by atoms with Crippen molar-refractivity contribution < 1.29 is 14.7 Å². The molecule has 0 saturated carbocycles. The minimum Gasteiger partial charge on any atom is -0.397 e. The molecule has 0 spiro atoms. The first-order chi connectivity index (χ1) is 9.99. The van der Waals surface area contributed by atoms with Crippen LogP contribution in [0.2, 0.25) is 0 Å². The highest BCUT2D eigenvalue weighted by Gasteiger charge is 2.29. The minimum atomic E-state index is -0.611. The fourth-order valence-electron chi connectivity index (χ4n) is 2.66. The zero-order valence-electron chi connectivity index (χ0n) is 12.1. The number of carbonyl (C=O) groups excluding carboxylic acids is 2. The Morgan fingerprint density at radius 2 is 2.19 bits per heavy atom. The second-order valence-corrected chi connectivity index (χ2v) is 6.30. The lowest BCUT2D eigenvalue weighted by atomic mass is 9.99.